The van der Waals surface area contributed by atoms with Crippen molar-refractivity contribution in [3.8, 4) is 11.5 Å². The summed E-state index contributed by atoms with van der Waals surface area (Å²) in [5, 5.41) is 14.6. The van der Waals surface area contributed by atoms with Gasteiger partial charge in [-0.25, -0.2) is 0 Å². The second-order valence-corrected chi connectivity index (χ2v) is 6.75. The van der Waals surface area contributed by atoms with E-state index in [1.807, 2.05) is 4.90 Å². The van der Waals surface area contributed by atoms with Crippen LogP contribution in [0.1, 0.15) is 19.8 Å². The molecule has 3 N–H and O–H groups in total. The minimum absolute atomic E-state index is 0.155. The van der Waals surface area contributed by atoms with E-state index in [1.54, 1.807) is 32.4 Å². The van der Waals surface area contributed by atoms with Gasteiger partial charge in [-0.05, 0) is 30.9 Å². The number of benzene rings is 1. The number of nitrogens with two attached hydrogens (primary N) is 1. The standard InChI is InChI=1S/C18H24N6O4/c1-11-5-4-8-23(10-11)17-15(24(25)26)16(19)21-18(22-17)20-13-9-12(27-2)6-7-14(13)28-3/h6-7,9,11H,4-5,8,10H2,1-3H3,(H3,19,20,21,22). The summed E-state index contributed by atoms with van der Waals surface area (Å²) in [5.41, 5.74) is 6.23. The molecule has 1 aromatic carbocycles. The predicted molar refractivity (Wildman–Crippen MR) is 107 cm³/mol. The molecule has 3 rings (SSSR count). The third-order valence-corrected chi connectivity index (χ3v) is 4.68. The Kier molecular flexibility index (Phi) is 5.67. The fraction of sp³-hybridized carbons (Fsp3) is 0.444. The third-order valence-electron chi connectivity index (χ3n) is 4.68. The van der Waals surface area contributed by atoms with Crippen LogP contribution in [0.5, 0.6) is 11.5 Å². The zero-order chi connectivity index (χ0) is 20.3. The van der Waals surface area contributed by atoms with Gasteiger partial charge in [0.2, 0.25) is 17.6 Å². The molecule has 150 valence electrons. The molecule has 10 heteroatoms. The van der Waals surface area contributed by atoms with E-state index in [0.29, 0.717) is 36.2 Å². The maximum atomic E-state index is 11.6. The monoisotopic (exact) mass is 388 g/mol. The Labute approximate surface area is 162 Å². The number of piperidine rings is 1. The van der Waals surface area contributed by atoms with Crippen molar-refractivity contribution < 1.29 is 14.4 Å². The molecule has 2 aromatic rings. The van der Waals surface area contributed by atoms with E-state index in [1.165, 1.54) is 0 Å². The van der Waals surface area contributed by atoms with Crippen molar-refractivity contribution in [1.82, 2.24) is 9.97 Å². The lowest BCUT2D eigenvalue weighted by atomic mass is 10.0. The number of anilines is 4. The maximum absolute atomic E-state index is 11.6. The lowest BCUT2D eigenvalue weighted by Crippen LogP contribution is -2.35. The van der Waals surface area contributed by atoms with Crippen LogP contribution in [0.3, 0.4) is 0 Å². The molecule has 0 radical (unpaired) electrons. The Morgan fingerprint density at radius 2 is 2.11 bits per heavy atom. The third kappa shape index (κ3) is 4.00. The second-order valence-electron chi connectivity index (χ2n) is 6.75. The van der Waals surface area contributed by atoms with Crippen LogP contribution in [-0.2, 0) is 0 Å². The number of hydrogen-bond acceptors (Lipinski definition) is 9. The van der Waals surface area contributed by atoms with Crippen LogP contribution in [0.15, 0.2) is 18.2 Å². The first-order chi connectivity index (χ1) is 13.4. The van der Waals surface area contributed by atoms with E-state index < -0.39 is 4.92 Å². The van der Waals surface area contributed by atoms with Gasteiger partial charge in [-0.1, -0.05) is 6.92 Å². The average Bonchev–Trinajstić information content (AvgIpc) is 2.67. The molecule has 1 fully saturated rings. The van der Waals surface area contributed by atoms with Crippen LogP contribution >= 0.6 is 0 Å². The van der Waals surface area contributed by atoms with Gasteiger partial charge >= 0.3 is 5.69 Å². The summed E-state index contributed by atoms with van der Waals surface area (Å²) in [4.78, 5) is 21.5. The summed E-state index contributed by atoms with van der Waals surface area (Å²) in [6, 6.07) is 5.22. The number of methoxy groups -OCH3 is 2. The van der Waals surface area contributed by atoms with Crippen molar-refractivity contribution in [2.75, 3.05) is 43.3 Å². The van der Waals surface area contributed by atoms with Crippen LogP contribution in [0.4, 0.5) is 29.0 Å². The zero-order valence-corrected chi connectivity index (χ0v) is 16.1. The zero-order valence-electron chi connectivity index (χ0n) is 16.1. The molecule has 0 aliphatic carbocycles. The van der Waals surface area contributed by atoms with E-state index in [9.17, 15) is 10.1 Å². The first kappa shape index (κ1) is 19.5. The van der Waals surface area contributed by atoms with Crippen LogP contribution in [0.2, 0.25) is 0 Å². The average molecular weight is 388 g/mol. The number of nitrogens with one attached hydrogen (secondary N) is 1. The molecule has 0 spiro atoms. The van der Waals surface area contributed by atoms with Crippen molar-refractivity contribution in [1.29, 1.82) is 0 Å². The van der Waals surface area contributed by atoms with Crippen molar-refractivity contribution in [2.24, 2.45) is 5.92 Å². The molecule has 10 nitrogen and oxygen atoms in total. The minimum Gasteiger partial charge on any atom is -0.497 e. The summed E-state index contributed by atoms with van der Waals surface area (Å²) in [7, 11) is 3.10. The highest BCUT2D eigenvalue weighted by atomic mass is 16.6. The number of aromatic nitrogens is 2. The fourth-order valence-electron chi connectivity index (χ4n) is 3.33. The van der Waals surface area contributed by atoms with E-state index >= 15 is 0 Å². The lowest BCUT2D eigenvalue weighted by molar-refractivity contribution is -0.383. The van der Waals surface area contributed by atoms with Gasteiger partial charge in [-0.2, -0.15) is 9.97 Å². The van der Waals surface area contributed by atoms with Gasteiger partial charge in [0.1, 0.15) is 11.5 Å². The van der Waals surface area contributed by atoms with Gasteiger partial charge in [-0.3, -0.25) is 10.1 Å². The van der Waals surface area contributed by atoms with Gasteiger partial charge in [0.25, 0.3) is 0 Å². The highest BCUT2D eigenvalue weighted by Gasteiger charge is 2.30. The highest BCUT2D eigenvalue weighted by Crippen LogP contribution is 2.36. The van der Waals surface area contributed by atoms with E-state index in [-0.39, 0.29) is 23.3 Å². The molecule has 1 aliphatic rings. The molecule has 1 aliphatic heterocycles. The van der Waals surface area contributed by atoms with Crippen LogP contribution < -0.4 is 25.4 Å². The molecular formula is C18H24N6O4. The summed E-state index contributed by atoms with van der Waals surface area (Å²) in [6.07, 6.45) is 2.02. The molecule has 0 amide bonds. The van der Waals surface area contributed by atoms with Gasteiger partial charge in [-0.15, -0.1) is 0 Å². The first-order valence-corrected chi connectivity index (χ1v) is 8.98. The summed E-state index contributed by atoms with van der Waals surface area (Å²) in [6.45, 7) is 3.48. The number of nitro groups is 1. The van der Waals surface area contributed by atoms with Crippen LogP contribution in [-0.4, -0.2) is 42.2 Å². The Balaban J connectivity index is 2.02. The molecule has 2 heterocycles. The molecule has 1 unspecified atom stereocenters. The van der Waals surface area contributed by atoms with E-state index in [0.717, 1.165) is 12.8 Å². The number of hydrogen-bond donors (Lipinski definition) is 2. The normalized spacial score (nSPS) is 16.5. The minimum atomic E-state index is -0.528. The predicted octanol–water partition coefficient (Wildman–Crippen LogP) is 2.96. The number of nitrogen functional groups attached to an aromatic ring is 1. The molecule has 1 aromatic heterocycles. The van der Waals surface area contributed by atoms with Crippen molar-refractivity contribution in [2.45, 2.75) is 19.8 Å². The van der Waals surface area contributed by atoms with E-state index in [2.05, 4.69) is 22.2 Å². The summed E-state index contributed by atoms with van der Waals surface area (Å²) >= 11 is 0. The second kappa shape index (κ2) is 8.15. The molecule has 0 bridgehead atoms. The van der Waals surface area contributed by atoms with Gasteiger partial charge in [0.05, 0.1) is 24.8 Å². The number of rotatable bonds is 6. The maximum Gasteiger partial charge on any atom is 0.353 e. The topological polar surface area (TPSA) is 129 Å². The molecule has 28 heavy (non-hydrogen) atoms. The molecular weight excluding hydrogens is 364 g/mol. The lowest BCUT2D eigenvalue weighted by Gasteiger charge is -2.31. The molecule has 1 saturated heterocycles. The number of nitrogens with zero attached hydrogens (tertiary/aromatic N) is 4. The smallest absolute Gasteiger partial charge is 0.353 e. The van der Waals surface area contributed by atoms with Gasteiger partial charge < -0.3 is 25.4 Å². The quantitative estimate of drug-likeness (QED) is 0.566. The molecule has 1 atom stereocenters. The van der Waals surface area contributed by atoms with Crippen LogP contribution in [0, 0.1) is 16.0 Å². The Morgan fingerprint density at radius 3 is 2.75 bits per heavy atom. The highest BCUT2D eigenvalue weighted by molar-refractivity contribution is 5.73. The van der Waals surface area contributed by atoms with Gasteiger partial charge in [0, 0.05) is 19.2 Å². The Morgan fingerprint density at radius 1 is 1.32 bits per heavy atom. The Hall–Kier alpha value is -3.30. The first-order valence-electron chi connectivity index (χ1n) is 8.98. The van der Waals surface area contributed by atoms with Gasteiger partial charge in [0.15, 0.2) is 0 Å². The van der Waals surface area contributed by atoms with E-state index in [4.69, 9.17) is 15.2 Å². The van der Waals surface area contributed by atoms with Crippen LogP contribution in [0.25, 0.3) is 0 Å². The Bertz CT molecular complexity index is 875. The number of ether oxygens (including phenoxy) is 2. The summed E-state index contributed by atoms with van der Waals surface area (Å²) in [5.74, 6) is 1.78. The van der Waals surface area contributed by atoms with Crippen molar-refractivity contribution in [3.63, 3.8) is 0 Å². The van der Waals surface area contributed by atoms with Crippen molar-refractivity contribution >= 4 is 29.0 Å². The summed E-state index contributed by atoms with van der Waals surface area (Å²) < 4.78 is 10.6. The SMILES string of the molecule is COc1ccc(OC)c(Nc2nc(N)c([N+](=O)[O-])c(N3CCCC(C)C3)n2)c1. The largest absolute Gasteiger partial charge is 0.497 e. The van der Waals surface area contributed by atoms with Crippen molar-refractivity contribution in [3.05, 3.63) is 28.3 Å². The molecule has 0 saturated carbocycles. The fourth-order valence-corrected chi connectivity index (χ4v) is 3.33.